The van der Waals surface area contributed by atoms with Crippen molar-refractivity contribution in [1.29, 1.82) is 0 Å². The third kappa shape index (κ3) is 3.83. The van der Waals surface area contributed by atoms with Gasteiger partial charge in [0.25, 0.3) is 0 Å². The Labute approximate surface area is 113 Å². The summed E-state index contributed by atoms with van der Waals surface area (Å²) in [6.45, 7) is 0. The van der Waals surface area contributed by atoms with E-state index in [2.05, 4.69) is 9.99 Å². The minimum absolute atomic E-state index is 0.241. The van der Waals surface area contributed by atoms with Gasteiger partial charge in [-0.1, -0.05) is 29.3 Å². The smallest absolute Gasteiger partial charge is 0.381 e. The highest BCUT2D eigenvalue weighted by Gasteiger charge is 2.10. The molecule has 0 aliphatic heterocycles. The Morgan fingerprint density at radius 2 is 1.78 bits per heavy atom. The van der Waals surface area contributed by atoms with Crippen LogP contribution in [0.25, 0.3) is 6.08 Å². The van der Waals surface area contributed by atoms with Gasteiger partial charge in [0.05, 0.1) is 0 Å². The molecule has 0 atom stereocenters. The van der Waals surface area contributed by atoms with Crippen LogP contribution in [0.3, 0.4) is 0 Å². The van der Waals surface area contributed by atoms with Gasteiger partial charge in [-0.25, -0.2) is 4.79 Å². The molecule has 0 radical (unpaired) electrons. The molecule has 96 valence electrons. The first-order valence-electron chi connectivity index (χ1n) is 4.63. The minimum atomic E-state index is -0.917. The molecule has 0 spiro atoms. The van der Waals surface area contributed by atoms with E-state index in [-0.39, 0.29) is 5.70 Å². The van der Waals surface area contributed by atoms with Crippen LogP contribution in [0.15, 0.2) is 29.1 Å². The van der Waals surface area contributed by atoms with Crippen molar-refractivity contribution in [3.8, 4) is 0 Å². The van der Waals surface area contributed by atoms with Crippen LogP contribution in [0.2, 0.25) is 10.0 Å². The molecule has 0 fully saturated rings. The van der Waals surface area contributed by atoms with E-state index in [0.717, 1.165) is 0 Å². The number of carbonyl (C=O) groups is 1. The van der Waals surface area contributed by atoms with E-state index < -0.39 is 11.9 Å². The second-order valence-corrected chi connectivity index (χ2v) is 3.94. The van der Waals surface area contributed by atoms with Crippen molar-refractivity contribution >= 4 is 41.2 Å². The predicted octanol–water partition coefficient (Wildman–Crippen LogP) is 1.02. The Kier molecular flexibility index (Phi) is 4.82. The van der Waals surface area contributed by atoms with Gasteiger partial charge in [-0.15, -0.1) is 0 Å². The highest BCUT2D eigenvalue weighted by atomic mass is 35.5. The highest BCUT2D eigenvalue weighted by Crippen LogP contribution is 2.26. The number of nitrogens with two attached hydrogens (primary N) is 3. The second-order valence-electron chi connectivity index (χ2n) is 3.13. The largest absolute Gasteiger partial charge is 0.393 e. The molecule has 0 saturated carbocycles. The third-order valence-corrected chi connectivity index (χ3v) is 2.43. The Bertz CT molecular complexity index is 504. The zero-order valence-electron chi connectivity index (χ0n) is 9.06. The number of guanidine groups is 1. The highest BCUT2D eigenvalue weighted by molar-refractivity contribution is 6.37. The maximum atomic E-state index is 11.4. The third-order valence-electron chi connectivity index (χ3n) is 1.77. The molecule has 6 N–H and O–H groups in total. The predicted molar refractivity (Wildman–Crippen MR) is 70.5 cm³/mol. The molecular weight excluding hydrogens is 279 g/mol. The molecule has 0 bridgehead atoms. The van der Waals surface area contributed by atoms with Crippen LogP contribution >= 0.6 is 23.2 Å². The van der Waals surface area contributed by atoms with E-state index in [9.17, 15) is 4.79 Å². The van der Waals surface area contributed by atoms with E-state index >= 15 is 0 Å². The monoisotopic (exact) mass is 288 g/mol. The number of hydrogen-bond acceptors (Lipinski definition) is 4. The molecule has 0 heterocycles. The van der Waals surface area contributed by atoms with Crippen LogP contribution < -0.4 is 17.2 Å². The van der Waals surface area contributed by atoms with Crippen molar-refractivity contribution in [2.75, 3.05) is 0 Å². The number of oxime groups is 1. The van der Waals surface area contributed by atoms with E-state index in [4.69, 9.17) is 40.4 Å². The van der Waals surface area contributed by atoms with Gasteiger partial charge in [0.1, 0.15) is 5.70 Å². The molecule has 1 rings (SSSR count). The number of rotatable bonds is 3. The molecule has 0 aromatic heterocycles. The maximum absolute atomic E-state index is 11.4. The fourth-order valence-electron chi connectivity index (χ4n) is 1.01. The van der Waals surface area contributed by atoms with Gasteiger partial charge in [-0.05, 0) is 23.4 Å². The van der Waals surface area contributed by atoms with Crippen LogP contribution in [-0.2, 0) is 9.63 Å². The Balaban J connectivity index is 2.96. The average Bonchev–Trinajstić information content (AvgIpc) is 2.30. The van der Waals surface area contributed by atoms with Gasteiger partial charge < -0.3 is 22.0 Å². The van der Waals surface area contributed by atoms with Gasteiger partial charge in [0.15, 0.2) is 0 Å². The second kappa shape index (κ2) is 6.13. The summed E-state index contributed by atoms with van der Waals surface area (Å²) >= 11 is 11.8. The molecule has 6 nitrogen and oxygen atoms in total. The SMILES string of the molecule is NC(N)=NOC(=O)/C(N)=C/c1c(Cl)cccc1Cl. The maximum Gasteiger partial charge on any atom is 0.381 e. The zero-order valence-corrected chi connectivity index (χ0v) is 10.6. The number of carbonyl (C=O) groups excluding carboxylic acids is 1. The normalized spacial score (nSPS) is 10.9. The molecule has 0 aliphatic rings. The van der Waals surface area contributed by atoms with Crippen LogP contribution in [0.5, 0.6) is 0 Å². The lowest BCUT2D eigenvalue weighted by Gasteiger charge is -2.03. The van der Waals surface area contributed by atoms with Crippen LogP contribution in [0.4, 0.5) is 0 Å². The quantitative estimate of drug-likeness (QED) is 0.252. The fourth-order valence-corrected chi connectivity index (χ4v) is 1.52. The molecule has 0 aliphatic carbocycles. The Morgan fingerprint density at radius 1 is 1.22 bits per heavy atom. The first-order valence-corrected chi connectivity index (χ1v) is 5.39. The molecule has 8 heteroatoms. The minimum Gasteiger partial charge on any atom is -0.393 e. The molecular formula is C10H10Cl2N4O2. The van der Waals surface area contributed by atoms with Gasteiger partial charge in [-0.2, -0.15) is 0 Å². The topological polar surface area (TPSA) is 117 Å². The molecule has 0 saturated heterocycles. The number of benzene rings is 1. The number of halogens is 2. The summed E-state index contributed by atoms with van der Waals surface area (Å²) in [7, 11) is 0. The van der Waals surface area contributed by atoms with Crippen LogP contribution in [-0.4, -0.2) is 11.9 Å². The average molecular weight is 289 g/mol. The number of nitrogens with zero attached hydrogens (tertiary/aromatic N) is 1. The summed E-state index contributed by atoms with van der Waals surface area (Å²) in [6, 6.07) is 4.87. The molecule has 0 amide bonds. The summed E-state index contributed by atoms with van der Waals surface area (Å²) in [5, 5.41) is 3.76. The summed E-state index contributed by atoms with van der Waals surface area (Å²) in [6.07, 6.45) is 1.27. The van der Waals surface area contributed by atoms with Gasteiger partial charge >= 0.3 is 5.97 Å². The van der Waals surface area contributed by atoms with E-state index in [1.165, 1.54) is 6.08 Å². The summed E-state index contributed by atoms with van der Waals surface area (Å²) < 4.78 is 0. The lowest BCUT2D eigenvalue weighted by molar-refractivity contribution is -0.139. The van der Waals surface area contributed by atoms with Crippen molar-refractivity contribution in [2.24, 2.45) is 22.4 Å². The molecule has 18 heavy (non-hydrogen) atoms. The standard InChI is InChI=1S/C10H10Cl2N4O2/c11-6-2-1-3-7(12)5(6)4-8(13)9(17)18-16-10(14)15/h1-4H,13H2,(H4,14,15,16)/b8-4-. The summed E-state index contributed by atoms with van der Waals surface area (Å²) in [5.74, 6) is -1.31. The zero-order chi connectivity index (χ0) is 13.7. The fraction of sp³-hybridized carbons (Fsp3) is 0. The van der Waals surface area contributed by atoms with E-state index in [1.54, 1.807) is 18.2 Å². The van der Waals surface area contributed by atoms with Gasteiger partial charge in [-0.3, -0.25) is 0 Å². The summed E-state index contributed by atoms with van der Waals surface area (Å²) in [4.78, 5) is 15.7. The van der Waals surface area contributed by atoms with Gasteiger partial charge in [0.2, 0.25) is 5.96 Å². The summed E-state index contributed by atoms with van der Waals surface area (Å²) in [5.41, 5.74) is 15.6. The molecule has 1 aromatic carbocycles. The number of hydrogen-bond donors (Lipinski definition) is 3. The molecule has 0 unspecified atom stereocenters. The molecule has 1 aromatic rings. The Morgan fingerprint density at radius 3 is 2.28 bits per heavy atom. The van der Waals surface area contributed by atoms with Gasteiger partial charge in [0, 0.05) is 15.6 Å². The first-order chi connectivity index (χ1) is 8.41. The van der Waals surface area contributed by atoms with Crippen molar-refractivity contribution in [2.45, 2.75) is 0 Å². The van der Waals surface area contributed by atoms with Crippen LogP contribution in [0.1, 0.15) is 5.56 Å². The van der Waals surface area contributed by atoms with Crippen molar-refractivity contribution in [3.63, 3.8) is 0 Å². The van der Waals surface area contributed by atoms with Crippen LogP contribution in [0, 0.1) is 0 Å². The van der Waals surface area contributed by atoms with E-state index in [0.29, 0.717) is 15.6 Å². The van der Waals surface area contributed by atoms with Crippen molar-refractivity contribution in [3.05, 3.63) is 39.5 Å². The Hall–Kier alpha value is -1.92. The van der Waals surface area contributed by atoms with E-state index in [1.807, 2.05) is 0 Å². The first kappa shape index (κ1) is 14.1. The van der Waals surface area contributed by atoms with Crippen molar-refractivity contribution in [1.82, 2.24) is 0 Å². The lowest BCUT2D eigenvalue weighted by Crippen LogP contribution is -2.24. The lowest BCUT2D eigenvalue weighted by atomic mass is 10.2. The van der Waals surface area contributed by atoms with Crippen molar-refractivity contribution < 1.29 is 9.63 Å².